The predicted octanol–water partition coefficient (Wildman–Crippen LogP) is 0.734. The monoisotopic (exact) mass is 334 g/mol. The molecule has 0 amide bonds. The smallest absolute Gasteiger partial charge is 0.303 e. The van der Waals surface area contributed by atoms with Crippen molar-refractivity contribution < 1.29 is 34.3 Å². The maximum Gasteiger partial charge on any atom is 0.303 e. The van der Waals surface area contributed by atoms with Crippen molar-refractivity contribution in [2.75, 3.05) is 13.2 Å². The summed E-state index contributed by atoms with van der Waals surface area (Å²) in [5.41, 5.74) is 0. The molecule has 0 aromatic rings. The van der Waals surface area contributed by atoms with Crippen molar-refractivity contribution in [2.24, 2.45) is 0 Å². The molecule has 136 valence electrons. The molecular weight excluding hydrogens is 304 g/mol. The number of aliphatic hydroxyl groups is 3. The number of carbonyl (C=O) groups is 1. The van der Waals surface area contributed by atoms with E-state index in [0.717, 1.165) is 19.3 Å². The summed E-state index contributed by atoms with van der Waals surface area (Å²) >= 11 is 0. The number of aliphatic hydroxyl groups excluding tert-OH is 3. The molecule has 1 fully saturated rings. The average molecular weight is 334 g/mol. The summed E-state index contributed by atoms with van der Waals surface area (Å²) in [6.07, 6.45) is 0.867. The van der Waals surface area contributed by atoms with Crippen LogP contribution >= 0.6 is 0 Å². The first-order chi connectivity index (χ1) is 11.0. The van der Waals surface area contributed by atoms with Crippen LogP contribution in [-0.2, 0) is 19.0 Å². The van der Waals surface area contributed by atoms with E-state index in [-0.39, 0.29) is 0 Å². The van der Waals surface area contributed by atoms with Crippen molar-refractivity contribution in [1.82, 2.24) is 0 Å². The second-order valence-electron chi connectivity index (χ2n) is 5.92. The third kappa shape index (κ3) is 6.73. The van der Waals surface area contributed by atoms with Gasteiger partial charge in [0, 0.05) is 13.5 Å². The Balaban J connectivity index is 2.42. The second-order valence-corrected chi connectivity index (χ2v) is 5.92. The summed E-state index contributed by atoms with van der Waals surface area (Å²) in [5, 5.41) is 29.4. The fourth-order valence-electron chi connectivity index (χ4n) is 2.60. The van der Waals surface area contributed by atoms with Gasteiger partial charge < -0.3 is 29.5 Å². The van der Waals surface area contributed by atoms with Crippen LogP contribution in [0.15, 0.2) is 0 Å². The average Bonchev–Trinajstić information content (AvgIpc) is 2.52. The Morgan fingerprint density at radius 1 is 1.09 bits per heavy atom. The van der Waals surface area contributed by atoms with Gasteiger partial charge in [0.25, 0.3) is 0 Å². The Kier molecular flexibility index (Phi) is 9.66. The minimum absolute atomic E-state index is 0.398. The van der Waals surface area contributed by atoms with Crippen LogP contribution in [0.4, 0.5) is 0 Å². The quantitative estimate of drug-likeness (QED) is 0.399. The van der Waals surface area contributed by atoms with Crippen LogP contribution in [0.3, 0.4) is 0 Å². The molecule has 0 aromatic heterocycles. The van der Waals surface area contributed by atoms with Gasteiger partial charge in [-0.05, 0) is 6.42 Å². The summed E-state index contributed by atoms with van der Waals surface area (Å²) in [6.45, 7) is 3.29. The fraction of sp³-hybridized carbons (Fsp3) is 0.938. The molecular formula is C16H30O7. The maximum absolute atomic E-state index is 11.1. The van der Waals surface area contributed by atoms with Crippen molar-refractivity contribution >= 4 is 5.97 Å². The SMILES string of the molecule is CCCCCCCCO[C@@H]1OC(CO)[C@@H](O)C(OC(C)=O)C1O. The molecule has 23 heavy (non-hydrogen) atoms. The van der Waals surface area contributed by atoms with E-state index in [0.29, 0.717) is 6.61 Å². The molecule has 0 saturated carbocycles. The molecule has 1 aliphatic rings. The first kappa shape index (κ1) is 20.3. The van der Waals surface area contributed by atoms with Gasteiger partial charge in [0.15, 0.2) is 12.4 Å². The van der Waals surface area contributed by atoms with Gasteiger partial charge in [0.05, 0.1) is 6.61 Å². The van der Waals surface area contributed by atoms with Gasteiger partial charge in [-0.3, -0.25) is 4.79 Å². The van der Waals surface area contributed by atoms with E-state index in [2.05, 4.69) is 6.92 Å². The van der Waals surface area contributed by atoms with E-state index < -0.39 is 43.3 Å². The van der Waals surface area contributed by atoms with Gasteiger partial charge in [-0.1, -0.05) is 39.0 Å². The number of esters is 1. The van der Waals surface area contributed by atoms with Gasteiger partial charge in [0.1, 0.15) is 18.3 Å². The molecule has 1 saturated heterocycles. The lowest BCUT2D eigenvalue weighted by Crippen LogP contribution is -2.60. The minimum Gasteiger partial charge on any atom is -0.457 e. The summed E-state index contributed by atoms with van der Waals surface area (Å²) in [6, 6.07) is 0. The molecule has 7 nitrogen and oxygen atoms in total. The molecule has 1 heterocycles. The van der Waals surface area contributed by atoms with Crippen LogP contribution in [-0.4, -0.2) is 65.2 Å². The second kappa shape index (κ2) is 10.9. The Hall–Kier alpha value is -0.730. The zero-order valence-electron chi connectivity index (χ0n) is 14.0. The van der Waals surface area contributed by atoms with Crippen LogP contribution in [0.5, 0.6) is 0 Å². The number of carbonyl (C=O) groups excluding carboxylic acids is 1. The summed E-state index contributed by atoms with van der Waals surface area (Å²) in [4.78, 5) is 11.1. The highest BCUT2D eigenvalue weighted by Gasteiger charge is 2.46. The largest absolute Gasteiger partial charge is 0.457 e. The van der Waals surface area contributed by atoms with Crippen LogP contribution in [0.2, 0.25) is 0 Å². The summed E-state index contributed by atoms with van der Waals surface area (Å²) < 4.78 is 15.8. The van der Waals surface area contributed by atoms with Crippen LogP contribution in [0.1, 0.15) is 52.4 Å². The minimum atomic E-state index is -1.30. The fourth-order valence-corrected chi connectivity index (χ4v) is 2.60. The molecule has 0 aliphatic carbocycles. The lowest BCUT2D eigenvalue weighted by molar-refractivity contribution is -0.303. The lowest BCUT2D eigenvalue weighted by atomic mass is 9.99. The molecule has 1 aliphatic heterocycles. The molecule has 7 heteroatoms. The maximum atomic E-state index is 11.1. The summed E-state index contributed by atoms with van der Waals surface area (Å²) in [7, 11) is 0. The van der Waals surface area contributed by atoms with Crippen molar-refractivity contribution in [3.05, 3.63) is 0 Å². The zero-order valence-corrected chi connectivity index (χ0v) is 14.0. The number of hydrogen-bond acceptors (Lipinski definition) is 7. The van der Waals surface area contributed by atoms with Crippen molar-refractivity contribution in [3.8, 4) is 0 Å². The van der Waals surface area contributed by atoms with E-state index in [1.54, 1.807) is 0 Å². The van der Waals surface area contributed by atoms with Crippen LogP contribution in [0.25, 0.3) is 0 Å². The Labute approximate surface area is 137 Å². The highest BCUT2D eigenvalue weighted by molar-refractivity contribution is 5.66. The van der Waals surface area contributed by atoms with Gasteiger partial charge in [-0.25, -0.2) is 0 Å². The topological polar surface area (TPSA) is 105 Å². The Bertz CT molecular complexity index is 336. The van der Waals surface area contributed by atoms with E-state index in [9.17, 15) is 20.1 Å². The zero-order chi connectivity index (χ0) is 17.2. The van der Waals surface area contributed by atoms with E-state index >= 15 is 0 Å². The van der Waals surface area contributed by atoms with Crippen LogP contribution in [0, 0.1) is 0 Å². The van der Waals surface area contributed by atoms with E-state index in [1.807, 2.05) is 0 Å². The highest BCUT2D eigenvalue weighted by atomic mass is 16.7. The molecule has 5 atom stereocenters. The highest BCUT2D eigenvalue weighted by Crippen LogP contribution is 2.24. The predicted molar refractivity (Wildman–Crippen MR) is 82.6 cm³/mol. The van der Waals surface area contributed by atoms with Crippen LogP contribution < -0.4 is 0 Å². The molecule has 3 N–H and O–H groups in total. The lowest BCUT2D eigenvalue weighted by Gasteiger charge is -2.41. The van der Waals surface area contributed by atoms with Gasteiger partial charge in [-0.15, -0.1) is 0 Å². The number of ether oxygens (including phenoxy) is 3. The first-order valence-electron chi connectivity index (χ1n) is 8.42. The van der Waals surface area contributed by atoms with Crippen molar-refractivity contribution in [3.63, 3.8) is 0 Å². The standard InChI is InChI=1S/C16H30O7/c1-3-4-5-6-7-8-9-21-16-14(20)15(22-11(2)18)13(19)12(10-17)23-16/h12-17,19-20H,3-10H2,1-2H3/t12?,13-,14?,15?,16-/m1/s1. The van der Waals surface area contributed by atoms with Gasteiger partial charge >= 0.3 is 5.97 Å². The summed E-state index contributed by atoms with van der Waals surface area (Å²) in [5.74, 6) is -0.624. The molecule has 0 spiro atoms. The number of unbranched alkanes of at least 4 members (excludes halogenated alkanes) is 5. The Morgan fingerprint density at radius 2 is 1.74 bits per heavy atom. The van der Waals surface area contributed by atoms with Gasteiger partial charge in [-0.2, -0.15) is 0 Å². The van der Waals surface area contributed by atoms with Crippen molar-refractivity contribution in [1.29, 1.82) is 0 Å². The number of hydrogen-bond donors (Lipinski definition) is 3. The molecule has 1 rings (SSSR count). The molecule has 3 unspecified atom stereocenters. The third-order valence-electron chi connectivity index (χ3n) is 3.90. The molecule has 0 bridgehead atoms. The normalized spacial score (nSPS) is 31.1. The van der Waals surface area contributed by atoms with E-state index in [1.165, 1.54) is 26.2 Å². The Morgan fingerprint density at radius 3 is 2.35 bits per heavy atom. The molecule has 0 aromatic carbocycles. The molecule has 0 radical (unpaired) electrons. The van der Waals surface area contributed by atoms with E-state index in [4.69, 9.17) is 14.2 Å². The van der Waals surface area contributed by atoms with Crippen molar-refractivity contribution in [2.45, 2.75) is 83.1 Å². The first-order valence-corrected chi connectivity index (χ1v) is 8.42. The third-order valence-corrected chi connectivity index (χ3v) is 3.90. The number of rotatable bonds is 10. The van der Waals surface area contributed by atoms with Gasteiger partial charge in [0.2, 0.25) is 0 Å².